The smallest absolute Gasteiger partial charge is 0.352 e. The molecule has 0 amide bonds. The van der Waals surface area contributed by atoms with Crippen molar-refractivity contribution < 1.29 is 9.90 Å². The van der Waals surface area contributed by atoms with Crippen LogP contribution in [0.25, 0.3) is 5.65 Å². The summed E-state index contributed by atoms with van der Waals surface area (Å²) in [6.45, 7) is 2.12. The van der Waals surface area contributed by atoms with Gasteiger partial charge in [0, 0.05) is 18.7 Å². The minimum absolute atomic E-state index is 0.264. The molecule has 19 heavy (non-hydrogen) atoms. The number of rotatable bonds is 2. The molecule has 0 aliphatic carbocycles. The quantitative estimate of drug-likeness (QED) is 0.894. The molecule has 0 spiro atoms. The van der Waals surface area contributed by atoms with E-state index in [1.807, 2.05) is 12.3 Å². The molecule has 3 heterocycles. The number of piperidine rings is 1. The molecule has 100 valence electrons. The van der Waals surface area contributed by atoms with E-state index in [1.54, 1.807) is 16.5 Å². The van der Waals surface area contributed by atoms with E-state index in [0.29, 0.717) is 11.6 Å². The Kier molecular flexibility index (Phi) is 2.98. The van der Waals surface area contributed by atoms with Crippen LogP contribution < -0.4 is 0 Å². The van der Waals surface area contributed by atoms with E-state index >= 15 is 0 Å². The van der Waals surface area contributed by atoms with Crippen LogP contribution in [0.1, 0.15) is 34.9 Å². The minimum Gasteiger partial charge on any atom is -0.477 e. The third kappa shape index (κ3) is 2.21. The number of nitrogens with zero attached hydrogens (tertiary/aromatic N) is 3. The lowest BCUT2D eigenvalue weighted by atomic mass is 9.96. The van der Waals surface area contributed by atoms with Crippen LogP contribution in [0.3, 0.4) is 0 Å². The highest BCUT2D eigenvalue weighted by atomic mass is 16.4. The second kappa shape index (κ2) is 4.66. The van der Waals surface area contributed by atoms with Gasteiger partial charge in [-0.15, -0.1) is 0 Å². The monoisotopic (exact) mass is 259 g/mol. The maximum absolute atomic E-state index is 11.2. The van der Waals surface area contributed by atoms with Crippen LogP contribution in [-0.4, -0.2) is 45.5 Å². The van der Waals surface area contributed by atoms with Crippen LogP contribution in [0, 0.1) is 0 Å². The first-order valence-corrected chi connectivity index (χ1v) is 6.55. The first-order chi connectivity index (χ1) is 9.15. The van der Waals surface area contributed by atoms with Crippen molar-refractivity contribution in [3.8, 4) is 0 Å². The summed E-state index contributed by atoms with van der Waals surface area (Å²) in [6, 6.07) is 5.19. The fraction of sp³-hybridized carbons (Fsp3) is 0.429. The molecule has 1 saturated heterocycles. The van der Waals surface area contributed by atoms with Gasteiger partial charge in [-0.2, -0.15) is 0 Å². The van der Waals surface area contributed by atoms with Crippen LogP contribution in [0.4, 0.5) is 0 Å². The molecule has 1 unspecified atom stereocenters. The molecule has 1 aliphatic rings. The van der Waals surface area contributed by atoms with Crippen molar-refractivity contribution in [3.05, 3.63) is 35.8 Å². The van der Waals surface area contributed by atoms with Gasteiger partial charge in [0.05, 0.1) is 5.69 Å². The molecule has 0 saturated carbocycles. The van der Waals surface area contributed by atoms with Crippen molar-refractivity contribution >= 4 is 11.6 Å². The number of hydrogen-bond donors (Lipinski definition) is 1. The zero-order chi connectivity index (χ0) is 13.4. The molecule has 1 N–H and O–H groups in total. The Morgan fingerprint density at radius 1 is 1.47 bits per heavy atom. The second-order valence-electron chi connectivity index (χ2n) is 5.21. The topological polar surface area (TPSA) is 57.8 Å². The predicted octanol–water partition coefficient (Wildman–Crippen LogP) is 1.84. The number of likely N-dealkylation sites (N-methyl/N-ethyl adjacent to an activating group) is 1. The van der Waals surface area contributed by atoms with Gasteiger partial charge in [-0.25, -0.2) is 9.78 Å². The number of fused-ring (bicyclic) bond motifs is 1. The Morgan fingerprint density at radius 2 is 2.32 bits per heavy atom. The Hall–Kier alpha value is -1.88. The highest BCUT2D eigenvalue weighted by Gasteiger charge is 2.22. The molecule has 1 aliphatic heterocycles. The van der Waals surface area contributed by atoms with Gasteiger partial charge in [-0.1, -0.05) is 6.07 Å². The number of carbonyl (C=O) groups is 1. The van der Waals surface area contributed by atoms with E-state index in [-0.39, 0.29) is 5.69 Å². The molecule has 3 rings (SSSR count). The van der Waals surface area contributed by atoms with Crippen LogP contribution in [0.5, 0.6) is 0 Å². The Balaban J connectivity index is 2.01. The lowest BCUT2D eigenvalue weighted by molar-refractivity contribution is 0.0689. The van der Waals surface area contributed by atoms with Crippen molar-refractivity contribution in [1.82, 2.24) is 14.3 Å². The number of carboxylic acids is 1. The largest absolute Gasteiger partial charge is 0.477 e. The molecule has 5 heteroatoms. The molecule has 0 bridgehead atoms. The first kappa shape index (κ1) is 12.2. The summed E-state index contributed by atoms with van der Waals surface area (Å²) in [7, 11) is 2.12. The van der Waals surface area contributed by atoms with Crippen molar-refractivity contribution in [3.63, 3.8) is 0 Å². The number of likely N-dealkylation sites (tertiary alicyclic amines) is 1. The minimum atomic E-state index is -0.921. The molecule has 1 atom stereocenters. The average Bonchev–Trinajstić information content (AvgIpc) is 2.82. The number of pyridine rings is 1. The number of imidazole rings is 1. The van der Waals surface area contributed by atoms with Gasteiger partial charge in [0.25, 0.3) is 0 Å². The third-order valence-corrected chi connectivity index (χ3v) is 3.77. The summed E-state index contributed by atoms with van der Waals surface area (Å²) >= 11 is 0. The fourth-order valence-electron chi connectivity index (χ4n) is 2.81. The van der Waals surface area contributed by atoms with Gasteiger partial charge < -0.3 is 10.0 Å². The number of carboxylic acid groups (broad SMARTS) is 1. The maximum Gasteiger partial charge on any atom is 0.352 e. The molecular formula is C14H17N3O2. The average molecular weight is 259 g/mol. The summed E-state index contributed by atoms with van der Waals surface area (Å²) in [5.41, 5.74) is 1.98. The van der Waals surface area contributed by atoms with E-state index in [2.05, 4.69) is 16.9 Å². The summed E-state index contributed by atoms with van der Waals surface area (Å²) in [6.07, 6.45) is 4.17. The van der Waals surface area contributed by atoms with Crippen molar-refractivity contribution in [2.45, 2.75) is 18.8 Å². The zero-order valence-corrected chi connectivity index (χ0v) is 10.9. The molecule has 0 radical (unpaired) electrons. The van der Waals surface area contributed by atoms with Crippen LogP contribution in [-0.2, 0) is 0 Å². The van der Waals surface area contributed by atoms with E-state index < -0.39 is 5.97 Å². The van der Waals surface area contributed by atoms with E-state index in [0.717, 1.165) is 25.2 Å². The van der Waals surface area contributed by atoms with Crippen LogP contribution in [0.15, 0.2) is 24.4 Å². The Labute approximate surface area is 111 Å². The summed E-state index contributed by atoms with van der Waals surface area (Å²) in [5.74, 6) is -0.518. The van der Waals surface area contributed by atoms with Crippen LogP contribution in [0.2, 0.25) is 0 Å². The molecular weight excluding hydrogens is 242 g/mol. The zero-order valence-electron chi connectivity index (χ0n) is 10.9. The highest BCUT2D eigenvalue weighted by molar-refractivity contribution is 5.86. The molecule has 0 aromatic carbocycles. The lowest BCUT2D eigenvalue weighted by Gasteiger charge is -2.28. The summed E-state index contributed by atoms with van der Waals surface area (Å²) in [5, 5.41) is 9.19. The van der Waals surface area contributed by atoms with Gasteiger partial charge in [0.15, 0.2) is 0 Å². The maximum atomic E-state index is 11.2. The summed E-state index contributed by atoms with van der Waals surface area (Å²) in [4.78, 5) is 18.1. The highest BCUT2D eigenvalue weighted by Crippen LogP contribution is 2.26. The van der Waals surface area contributed by atoms with Crippen molar-refractivity contribution in [2.24, 2.45) is 0 Å². The normalized spacial score (nSPS) is 20.8. The summed E-state index contributed by atoms with van der Waals surface area (Å²) < 4.78 is 1.67. The predicted molar refractivity (Wildman–Crippen MR) is 71.6 cm³/mol. The van der Waals surface area contributed by atoms with Gasteiger partial charge >= 0.3 is 5.97 Å². The number of aromatic carboxylic acids is 1. The second-order valence-corrected chi connectivity index (χ2v) is 5.21. The van der Waals surface area contributed by atoms with Gasteiger partial charge in [-0.05, 0) is 38.6 Å². The van der Waals surface area contributed by atoms with Gasteiger partial charge in [-0.3, -0.25) is 4.40 Å². The molecule has 1 fully saturated rings. The fourth-order valence-corrected chi connectivity index (χ4v) is 2.81. The standard InChI is InChI=1S/C14H17N3O2/c1-16-7-3-4-10(8-16)11-9-17-12(14(18)19)5-2-6-13(17)15-11/h2,5-6,9-10H,3-4,7-8H2,1H3,(H,18,19). The third-order valence-electron chi connectivity index (χ3n) is 3.77. The Bertz CT molecular complexity index is 620. The number of hydrogen-bond acceptors (Lipinski definition) is 3. The molecule has 2 aromatic rings. The van der Waals surface area contributed by atoms with Crippen molar-refractivity contribution in [1.29, 1.82) is 0 Å². The van der Waals surface area contributed by atoms with E-state index in [9.17, 15) is 9.90 Å². The van der Waals surface area contributed by atoms with Crippen LogP contribution >= 0.6 is 0 Å². The molecule has 2 aromatic heterocycles. The molecule has 5 nitrogen and oxygen atoms in total. The lowest BCUT2D eigenvalue weighted by Crippen LogP contribution is -2.30. The Morgan fingerprint density at radius 3 is 3.05 bits per heavy atom. The van der Waals surface area contributed by atoms with Crippen molar-refractivity contribution in [2.75, 3.05) is 20.1 Å². The van der Waals surface area contributed by atoms with Gasteiger partial charge in [0.2, 0.25) is 0 Å². The van der Waals surface area contributed by atoms with Gasteiger partial charge in [0.1, 0.15) is 11.3 Å². The van der Waals surface area contributed by atoms with E-state index in [4.69, 9.17) is 0 Å². The number of aromatic nitrogens is 2. The first-order valence-electron chi connectivity index (χ1n) is 6.55. The SMILES string of the molecule is CN1CCCC(c2cn3c(C(=O)O)cccc3n2)C1. The van der Waals surface area contributed by atoms with E-state index in [1.165, 1.54) is 6.42 Å².